The van der Waals surface area contributed by atoms with Crippen LogP contribution >= 0.6 is 0 Å². The fourth-order valence-electron chi connectivity index (χ4n) is 4.16. The lowest BCUT2D eigenvalue weighted by atomic mass is 10.0. The lowest BCUT2D eigenvalue weighted by Gasteiger charge is -2.12. The number of para-hydroxylation sites is 1. The van der Waals surface area contributed by atoms with Crippen LogP contribution in [0, 0.1) is 13.8 Å². The first-order valence-corrected chi connectivity index (χ1v) is 10.8. The van der Waals surface area contributed by atoms with Crippen LogP contribution in [0.4, 0.5) is 5.69 Å². The summed E-state index contributed by atoms with van der Waals surface area (Å²) in [7, 11) is 1.91. The Labute approximate surface area is 191 Å². The molecule has 0 aliphatic heterocycles. The molecular weight excluding hydrogens is 412 g/mol. The van der Waals surface area contributed by atoms with E-state index in [1.165, 1.54) is 0 Å². The number of carbonyl (C=O) groups excluding carboxylic acids is 1. The van der Waals surface area contributed by atoms with Gasteiger partial charge in [-0.15, -0.1) is 0 Å². The largest absolute Gasteiger partial charge is 0.322 e. The minimum Gasteiger partial charge on any atom is -0.322 e. The Morgan fingerprint density at radius 1 is 1.03 bits per heavy atom. The molecule has 5 aromatic rings. The van der Waals surface area contributed by atoms with Crippen molar-refractivity contribution in [1.82, 2.24) is 24.5 Å². The summed E-state index contributed by atoms with van der Waals surface area (Å²) >= 11 is 0. The van der Waals surface area contributed by atoms with E-state index in [0.717, 1.165) is 44.8 Å². The second kappa shape index (κ2) is 8.35. The number of amides is 1. The Balaban J connectivity index is 1.52. The van der Waals surface area contributed by atoms with Crippen LogP contribution in [0.5, 0.6) is 0 Å². The van der Waals surface area contributed by atoms with Gasteiger partial charge < -0.3 is 5.32 Å². The normalized spacial score (nSPS) is 11.1. The predicted molar refractivity (Wildman–Crippen MR) is 129 cm³/mol. The lowest BCUT2D eigenvalue weighted by Crippen LogP contribution is -2.13. The fourth-order valence-corrected chi connectivity index (χ4v) is 4.16. The van der Waals surface area contributed by atoms with Crippen LogP contribution in [0.2, 0.25) is 0 Å². The molecule has 0 radical (unpaired) electrons. The molecule has 0 aliphatic carbocycles. The summed E-state index contributed by atoms with van der Waals surface area (Å²) in [6.45, 7) is 4.61. The third-order valence-electron chi connectivity index (χ3n) is 5.81. The predicted octanol–water partition coefficient (Wildman–Crippen LogP) is 4.75. The van der Waals surface area contributed by atoms with Crippen LogP contribution in [0.25, 0.3) is 22.2 Å². The minimum absolute atomic E-state index is 0.176. The Bertz CT molecular complexity index is 1470. The zero-order valence-electron chi connectivity index (χ0n) is 18.8. The molecule has 7 heteroatoms. The molecule has 1 N–H and O–H groups in total. The summed E-state index contributed by atoms with van der Waals surface area (Å²) in [5.41, 5.74) is 6.74. The maximum atomic E-state index is 13.4. The highest BCUT2D eigenvalue weighted by atomic mass is 16.1. The van der Waals surface area contributed by atoms with Crippen LogP contribution in [-0.4, -0.2) is 30.5 Å². The van der Waals surface area contributed by atoms with E-state index >= 15 is 0 Å². The van der Waals surface area contributed by atoms with Gasteiger partial charge in [0.15, 0.2) is 0 Å². The Morgan fingerprint density at radius 2 is 1.88 bits per heavy atom. The van der Waals surface area contributed by atoms with Crippen LogP contribution in [0.3, 0.4) is 0 Å². The summed E-state index contributed by atoms with van der Waals surface area (Å²) in [5.74, 6) is -0.176. The minimum atomic E-state index is -0.176. The molecule has 2 aromatic carbocycles. The molecule has 5 rings (SSSR count). The summed E-state index contributed by atoms with van der Waals surface area (Å²) in [6.07, 6.45) is 3.67. The second-order valence-electron chi connectivity index (χ2n) is 8.10. The van der Waals surface area contributed by atoms with E-state index in [-0.39, 0.29) is 5.91 Å². The summed E-state index contributed by atoms with van der Waals surface area (Å²) in [5, 5.41) is 12.6. The zero-order valence-corrected chi connectivity index (χ0v) is 18.8. The molecule has 164 valence electrons. The maximum Gasteiger partial charge on any atom is 0.256 e. The number of nitrogens with zero attached hydrogens (tertiary/aromatic N) is 5. The van der Waals surface area contributed by atoms with Crippen LogP contribution < -0.4 is 5.32 Å². The SMILES string of the molecule is Cc1nn(C)c(C)c1-c1cc(C(=O)Nc2cccc(Cn3cccn3)c2)c2ccccc2n1. The van der Waals surface area contributed by atoms with Gasteiger partial charge in [0.2, 0.25) is 0 Å². The van der Waals surface area contributed by atoms with Crippen molar-refractivity contribution in [3.63, 3.8) is 0 Å². The van der Waals surface area contributed by atoms with Crippen molar-refractivity contribution in [2.24, 2.45) is 7.05 Å². The number of carbonyl (C=O) groups is 1. The Morgan fingerprint density at radius 3 is 2.64 bits per heavy atom. The number of aromatic nitrogens is 5. The molecular formula is C26H24N6O. The highest BCUT2D eigenvalue weighted by Crippen LogP contribution is 2.29. The van der Waals surface area contributed by atoms with E-state index in [2.05, 4.69) is 15.5 Å². The topological polar surface area (TPSA) is 77.6 Å². The highest BCUT2D eigenvalue weighted by Gasteiger charge is 2.18. The summed E-state index contributed by atoms with van der Waals surface area (Å²) in [6, 6.07) is 19.3. The van der Waals surface area contributed by atoms with Gasteiger partial charge in [0.25, 0.3) is 5.91 Å². The van der Waals surface area contributed by atoms with E-state index in [9.17, 15) is 4.79 Å². The molecule has 3 aromatic heterocycles. The van der Waals surface area contributed by atoms with Crippen LogP contribution in [0.1, 0.15) is 27.3 Å². The molecule has 7 nitrogen and oxygen atoms in total. The molecule has 0 unspecified atom stereocenters. The first-order valence-electron chi connectivity index (χ1n) is 10.8. The van der Waals surface area contributed by atoms with Gasteiger partial charge >= 0.3 is 0 Å². The van der Waals surface area contributed by atoms with Gasteiger partial charge in [-0.1, -0.05) is 30.3 Å². The highest BCUT2D eigenvalue weighted by molar-refractivity contribution is 6.13. The average molecular weight is 437 g/mol. The second-order valence-corrected chi connectivity index (χ2v) is 8.10. The Kier molecular flexibility index (Phi) is 5.22. The molecule has 33 heavy (non-hydrogen) atoms. The van der Waals surface area contributed by atoms with E-state index < -0.39 is 0 Å². The van der Waals surface area contributed by atoms with Crippen molar-refractivity contribution in [2.45, 2.75) is 20.4 Å². The number of hydrogen-bond donors (Lipinski definition) is 1. The molecule has 0 fully saturated rings. The molecule has 0 saturated carbocycles. The van der Waals surface area contributed by atoms with E-state index in [4.69, 9.17) is 4.98 Å². The molecule has 0 saturated heterocycles. The molecule has 0 aliphatic rings. The average Bonchev–Trinajstić information content (AvgIpc) is 3.40. The van der Waals surface area contributed by atoms with Crippen molar-refractivity contribution < 1.29 is 4.79 Å². The lowest BCUT2D eigenvalue weighted by molar-refractivity contribution is 0.102. The number of aryl methyl sites for hydroxylation is 2. The van der Waals surface area contributed by atoms with Crippen LogP contribution in [-0.2, 0) is 13.6 Å². The van der Waals surface area contributed by atoms with Crippen molar-refractivity contribution in [2.75, 3.05) is 5.32 Å². The number of hydrogen-bond acceptors (Lipinski definition) is 4. The summed E-state index contributed by atoms with van der Waals surface area (Å²) < 4.78 is 3.69. The quantitative estimate of drug-likeness (QED) is 0.431. The fraction of sp³-hybridized carbons (Fsp3) is 0.154. The van der Waals surface area contributed by atoms with Crippen molar-refractivity contribution >= 4 is 22.5 Å². The van der Waals surface area contributed by atoms with Gasteiger partial charge in [-0.3, -0.25) is 14.2 Å². The van der Waals surface area contributed by atoms with Crippen molar-refractivity contribution in [3.05, 3.63) is 95.6 Å². The number of anilines is 1. The molecule has 0 bridgehead atoms. The number of fused-ring (bicyclic) bond motifs is 1. The molecule has 1 amide bonds. The molecule has 3 heterocycles. The van der Waals surface area contributed by atoms with Gasteiger partial charge in [-0.05, 0) is 49.7 Å². The number of pyridine rings is 1. The van der Waals surface area contributed by atoms with Gasteiger partial charge in [-0.25, -0.2) is 4.98 Å². The van der Waals surface area contributed by atoms with E-state index in [1.54, 1.807) is 6.20 Å². The summed E-state index contributed by atoms with van der Waals surface area (Å²) in [4.78, 5) is 18.3. The third kappa shape index (κ3) is 4.01. The Hall–Kier alpha value is -4.26. The third-order valence-corrected chi connectivity index (χ3v) is 5.81. The van der Waals surface area contributed by atoms with E-state index in [1.807, 2.05) is 97.1 Å². The number of benzene rings is 2. The van der Waals surface area contributed by atoms with Crippen molar-refractivity contribution in [1.29, 1.82) is 0 Å². The van der Waals surface area contributed by atoms with Gasteiger partial charge in [-0.2, -0.15) is 10.2 Å². The maximum absolute atomic E-state index is 13.4. The number of rotatable bonds is 5. The zero-order chi connectivity index (χ0) is 22.9. The molecule has 0 atom stereocenters. The first-order chi connectivity index (χ1) is 16.0. The number of nitrogens with one attached hydrogen (secondary N) is 1. The first kappa shape index (κ1) is 20.6. The van der Waals surface area contributed by atoms with Crippen molar-refractivity contribution in [3.8, 4) is 11.3 Å². The monoisotopic (exact) mass is 436 g/mol. The van der Waals surface area contributed by atoms with Gasteiger partial charge in [0.1, 0.15) is 0 Å². The standard InChI is InChI=1S/C26H24N6O/c1-17-25(18(2)31(3)30-17)24-15-22(21-10-4-5-11-23(21)29-24)26(33)28-20-9-6-8-19(14-20)16-32-13-7-12-27-32/h4-15H,16H2,1-3H3,(H,28,33). The molecule has 0 spiro atoms. The smallest absolute Gasteiger partial charge is 0.256 e. The van der Waals surface area contributed by atoms with E-state index in [0.29, 0.717) is 12.1 Å². The van der Waals surface area contributed by atoms with Gasteiger partial charge in [0, 0.05) is 41.8 Å². The van der Waals surface area contributed by atoms with Gasteiger partial charge in [0.05, 0.1) is 29.0 Å². The van der Waals surface area contributed by atoms with Crippen LogP contribution in [0.15, 0.2) is 73.1 Å².